The molecule has 5 aromatic carbocycles. The van der Waals surface area contributed by atoms with E-state index in [9.17, 15) is 19.2 Å². The Morgan fingerprint density at radius 2 is 0.818 bits per heavy atom. The Bertz CT molecular complexity index is 1820. The summed E-state index contributed by atoms with van der Waals surface area (Å²) in [5.74, 6) is -1.50. The van der Waals surface area contributed by atoms with Gasteiger partial charge in [-0.15, -0.1) is 0 Å². The van der Waals surface area contributed by atoms with Gasteiger partial charge in [-0.1, -0.05) is 49.9 Å². The van der Waals surface area contributed by atoms with Crippen molar-refractivity contribution in [2.75, 3.05) is 14.2 Å². The molecule has 8 heteroatoms. The van der Waals surface area contributed by atoms with Crippen molar-refractivity contribution in [3.63, 3.8) is 0 Å². The van der Waals surface area contributed by atoms with Gasteiger partial charge < -0.3 is 20.1 Å². The summed E-state index contributed by atoms with van der Waals surface area (Å²) < 4.78 is 10.3. The minimum Gasteiger partial charge on any atom is -0.465 e. The van der Waals surface area contributed by atoms with Crippen LogP contribution in [-0.2, 0) is 9.47 Å². The van der Waals surface area contributed by atoms with Gasteiger partial charge in [-0.3, -0.25) is 9.59 Å². The van der Waals surface area contributed by atoms with Crippen LogP contribution in [0.3, 0.4) is 0 Å². The third kappa shape index (κ3) is 4.43. The van der Waals surface area contributed by atoms with Crippen LogP contribution in [0.2, 0.25) is 0 Å². The van der Waals surface area contributed by atoms with E-state index in [1.165, 1.54) is 14.2 Å². The van der Waals surface area contributed by atoms with Crippen molar-refractivity contribution >= 4 is 66.8 Å². The number of hydrogen-bond acceptors (Lipinski definition) is 6. The molecule has 0 aliphatic heterocycles. The molecule has 2 amide bonds. The summed E-state index contributed by atoms with van der Waals surface area (Å²) in [6.45, 7) is 0. The van der Waals surface area contributed by atoms with Gasteiger partial charge in [-0.25, -0.2) is 9.59 Å². The largest absolute Gasteiger partial charge is 0.465 e. The second-order valence-electron chi connectivity index (χ2n) is 12.0. The summed E-state index contributed by atoms with van der Waals surface area (Å²) in [4.78, 5) is 53.5. The molecule has 0 unspecified atom stereocenters. The summed E-state index contributed by atoms with van der Waals surface area (Å²) in [7, 11) is 2.66. The van der Waals surface area contributed by atoms with E-state index in [1.807, 2.05) is 24.3 Å². The molecule has 2 N–H and O–H groups in total. The van der Waals surface area contributed by atoms with E-state index in [4.69, 9.17) is 9.47 Å². The number of fused-ring (bicyclic) bond motifs is 2. The molecule has 2 aliphatic rings. The first-order valence-corrected chi connectivity index (χ1v) is 15.4. The number of amides is 2. The number of esters is 2. The van der Waals surface area contributed by atoms with Crippen molar-refractivity contribution < 1.29 is 28.7 Å². The molecule has 0 spiro atoms. The van der Waals surface area contributed by atoms with E-state index >= 15 is 0 Å². The van der Waals surface area contributed by atoms with Gasteiger partial charge in [0.25, 0.3) is 11.8 Å². The van der Waals surface area contributed by atoms with Crippen LogP contribution in [0.15, 0.2) is 48.5 Å². The van der Waals surface area contributed by atoms with Crippen LogP contribution in [0.4, 0.5) is 0 Å². The Labute approximate surface area is 254 Å². The highest BCUT2D eigenvalue weighted by Crippen LogP contribution is 2.44. The minimum atomic E-state index is -0.528. The van der Waals surface area contributed by atoms with Gasteiger partial charge in [0.2, 0.25) is 0 Å². The van der Waals surface area contributed by atoms with E-state index in [0.717, 1.165) is 83.7 Å². The molecule has 5 aromatic rings. The van der Waals surface area contributed by atoms with E-state index < -0.39 is 11.9 Å². The highest BCUT2D eigenvalue weighted by molar-refractivity contribution is 6.38. The maximum atomic E-state index is 13.7. The lowest BCUT2D eigenvalue weighted by Gasteiger charge is -2.21. The Morgan fingerprint density at radius 1 is 0.500 bits per heavy atom. The number of hydrogen-bond donors (Lipinski definition) is 2. The first kappa shape index (κ1) is 28.1. The molecule has 0 saturated heterocycles. The van der Waals surface area contributed by atoms with Crippen molar-refractivity contribution in [1.82, 2.24) is 10.6 Å². The number of carbonyl (C=O) groups excluding carboxylic acids is 4. The lowest BCUT2D eigenvalue weighted by Crippen LogP contribution is -2.33. The molecule has 0 atom stereocenters. The molecule has 2 fully saturated rings. The Kier molecular flexibility index (Phi) is 7.07. The quantitative estimate of drug-likeness (QED) is 0.130. The van der Waals surface area contributed by atoms with Crippen molar-refractivity contribution in [2.45, 2.75) is 63.5 Å². The van der Waals surface area contributed by atoms with Gasteiger partial charge in [0, 0.05) is 34.0 Å². The predicted octanol–water partition coefficient (Wildman–Crippen LogP) is 6.66. The summed E-state index contributed by atoms with van der Waals surface area (Å²) in [6, 6.07) is 14.6. The van der Waals surface area contributed by atoms with E-state index in [2.05, 4.69) is 10.6 Å². The second kappa shape index (κ2) is 11.1. The standard InChI is InChI=1S/C36H34N2O6/c1-43-35(41)27-17-13-23-22-12-16-26(34(40)38-20-9-5-6-10-20)32-28(36(42)44-2)18-14-24(30(22)32)21-11-15-25(31(27)29(21)23)33(39)37-19-7-3-4-8-19/h11-20H,3-10H2,1-2H3,(H,37,39)(H,38,40). The number of methoxy groups -OCH3 is 2. The summed E-state index contributed by atoms with van der Waals surface area (Å²) >= 11 is 0. The molecule has 2 saturated carbocycles. The van der Waals surface area contributed by atoms with E-state index in [1.54, 1.807) is 24.3 Å². The van der Waals surface area contributed by atoms with Crippen molar-refractivity contribution in [3.05, 3.63) is 70.8 Å². The second-order valence-corrected chi connectivity index (χ2v) is 12.0. The van der Waals surface area contributed by atoms with Gasteiger partial charge in [0.05, 0.1) is 25.3 Å². The van der Waals surface area contributed by atoms with Crippen LogP contribution in [0.25, 0.3) is 43.1 Å². The number of benzene rings is 5. The zero-order chi connectivity index (χ0) is 30.5. The maximum absolute atomic E-state index is 13.7. The Balaban J connectivity index is 1.53. The van der Waals surface area contributed by atoms with Crippen LogP contribution in [0.1, 0.15) is 92.8 Å². The molecule has 0 aromatic heterocycles. The maximum Gasteiger partial charge on any atom is 0.338 e. The lowest BCUT2D eigenvalue weighted by molar-refractivity contribution is 0.0594. The van der Waals surface area contributed by atoms with E-state index in [-0.39, 0.29) is 23.9 Å². The van der Waals surface area contributed by atoms with Gasteiger partial charge in [0.1, 0.15) is 0 Å². The summed E-state index contributed by atoms with van der Waals surface area (Å²) in [5, 5.41) is 12.1. The molecule has 0 radical (unpaired) electrons. The monoisotopic (exact) mass is 590 g/mol. The molecule has 8 nitrogen and oxygen atoms in total. The normalized spacial score (nSPS) is 15.9. The average molecular weight is 591 g/mol. The molecule has 2 aliphatic carbocycles. The van der Waals surface area contributed by atoms with Gasteiger partial charge in [-0.2, -0.15) is 0 Å². The SMILES string of the molecule is COC(=O)c1ccc2c3ccc(C(=O)NC4CCCC4)c4c(C(=O)OC)ccc(c5ccc(C(=O)NC6CCCC6)c1c52)c43. The summed E-state index contributed by atoms with van der Waals surface area (Å²) in [6.07, 6.45) is 8.07. The molecule has 7 rings (SSSR count). The third-order valence-corrected chi connectivity index (χ3v) is 9.58. The van der Waals surface area contributed by atoms with Crippen molar-refractivity contribution in [1.29, 1.82) is 0 Å². The predicted molar refractivity (Wildman–Crippen MR) is 170 cm³/mol. The molecular weight excluding hydrogens is 556 g/mol. The Hall–Kier alpha value is -4.72. The van der Waals surface area contributed by atoms with Crippen LogP contribution in [0, 0.1) is 0 Å². The lowest BCUT2D eigenvalue weighted by atomic mass is 9.84. The third-order valence-electron chi connectivity index (χ3n) is 9.58. The Morgan fingerprint density at radius 3 is 1.14 bits per heavy atom. The van der Waals surface area contributed by atoms with Gasteiger partial charge in [-0.05, 0) is 82.3 Å². The molecule has 224 valence electrons. The minimum absolute atomic E-state index is 0.106. The fourth-order valence-corrected chi connectivity index (χ4v) is 7.49. The number of rotatable bonds is 6. The van der Waals surface area contributed by atoms with Crippen LogP contribution in [-0.4, -0.2) is 50.1 Å². The fourth-order valence-electron chi connectivity index (χ4n) is 7.49. The van der Waals surface area contributed by atoms with Crippen LogP contribution in [0.5, 0.6) is 0 Å². The molecule has 0 bridgehead atoms. The van der Waals surface area contributed by atoms with Crippen LogP contribution >= 0.6 is 0 Å². The average Bonchev–Trinajstić information content (AvgIpc) is 3.76. The molecule has 44 heavy (non-hydrogen) atoms. The zero-order valence-corrected chi connectivity index (χ0v) is 24.9. The molecule has 0 heterocycles. The van der Waals surface area contributed by atoms with Crippen molar-refractivity contribution in [3.8, 4) is 0 Å². The van der Waals surface area contributed by atoms with Gasteiger partial charge in [0.15, 0.2) is 0 Å². The van der Waals surface area contributed by atoms with Gasteiger partial charge >= 0.3 is 11.9 Å². The first-order chi connectivity index (χ1) is 21.4. The number of ether oxygens (including phenoxy) is 2. The number of carbonyl (C=O) groups is 4. The number of nitrogens with one attached hydrogen (secondary N) is 2. The van der Waals surface area contributed by atoms with E-state index in [0.29, 0.717) is 33.0 Å². The highest BCUT2D eigenvalue weighted by atomic mass is 16.5. The highest BCUT2D eigenvalue weighted by Gasteiger charge is 2.28. The first-order valence-electron chi connectivity index (χ1n) is 15.4. The zero-order valence-electron chi connectivity index (χ0n) is 24.9. The molecular formula is C36H34N2O6. The topological polar surface area (TPSA) is 111 Å². The fraction of sp³-hybridized carbons (Fsp3) is 0.333. The van der Waals surface area contributed by atoms with Crippen molar-refractivity contribution in [2.24, 2.45) is 0 Å². The van der Waals surface area contributed by atoms with Crippen LogP contribution < -0.4 is 10.6 Å². The smallest absolute Gasteiger partial charge is 0.338 e. The summed E-state index contributed by atoms with van der Waals surface area (Å²) in [5.41, 5.74) is 1.44.